The quantitative estimate of drug-likeness (QED) is 0.0291. The number of halogens is 2. The highest BCUT2D eigenvalue weighted by molar-refractivity contribution is 6.25. The molecule has 3 aromatic carbocycles. The lowest BCUT2D eigenvalue weighted by molar-refractivity contribution is -0.136. The van der Waals surface area contributed by atoms with Crippen LogP contribution in [-0.2, 0) is 19.1 Å². The molecule has 0 spiro atoms. The zero-order valence-electron chi connectivity index (χ0n) is 44.2. The van der Waals surface area contributed by atoms with Gasteiger partial charge in [0.05, 0.1) is 34.2 Å². The van der Waals surface area contributed by atoms with E-state index in [0.29, 0.717) is 78.7 Å². The van der Waals surface area contributed by atoms with Crippen LogP contribution in [0.1, 0.15) is 103 Å². The van der Waals surface area contributed by atoms with Crippen molar-refractivity contribution in [2.45, 2.75) is 107 Å². The van der Waals surface area contributed by atoms with E-state index in [1.54, 1.807) is 31.5 Å². The summed E-state index contributed by atoms with van der Waals surface area (Å²) in [4.78, 5) is 81.8. The number of fused-ring (bicyclic) bond motifs is 6. The van der Waals surface area contributed by atoms with Crippen molar-refractivity contribution in [1.29, 1.82) is 0 Å². The molecular formula is C59H64F2N10O8. The number of nitrogens with one attached hydrogen (secondary N) is 3. The third-order valence-electron chi connectivity index (χ3n) is 17.0. The number of methoxy groups -OCH3 is 1. The lowest BCUT2D eigenvalue weighted by Crippen LogP contribution is -2.54. The number of phenols is 1. The molecular weight excluding hydrogens is 1010 g/mol. The van der Waals surface area contributed by atoms with Crippen LogP contribution in [0.3, 0.4) is 0 Å². The zero-order chi connectivity index (χ0) is 55.1. The monoisotopic (exact) mass is 1080 g/mol. The van der Waals surface area contributed by atoms with Crippen LogP contribution in [-0.4, -0.2) is 154 Å². The summed E-state index contributed by atoms with van der Waals surface area (Å²) in [5.74, 6) is 0.131. The van der Waals surface area contributed by atoms with Crippen LogP contribution in [0.5, 0.6) is 11.8 Å². The highest BCUT2D eigenvalue weighted by atomic mass is 19.1. The Labute approximate surface area is 456 Å². The van der Waals surface area contributed by atoms with Gasteiger partial charge in [0.1, 0.15) is 41.2 Å². The number of carbonyl (C=O) groups excluding carboxylic acids is 5. The molecule has 4 N–H and O–H groups in total. The number of unbranched alkanes of at least 4 members (excludes halogenated alkanes) is 1. The van der Waals surface area contributed by atoms with E-state index in [0.717, 1.165) is 101 Å². The molecule has 9 heterocycles. The summed E-state index contributed by atoms with van der Waals surface area (Å²) < 4.78 is 43.7. The second kappa shape index (κ2) is 22.3. The van der Waals surface area contributed by atoms with Gasteiger partial charge in [-0.05, 0) is 99.4 Å². The molecule has 6 saturated heterocycles. The van der Waals surface area contributed by atoms with Gasteiger partial charge in [-0.2, -0.15) is 9.97 Å². The first-order valence-corrected chi connectivity index (χ1v) is 27.4. The first kappa shape index (κ1) is 53.4. The first-order valence-electron chi connectivity index (χ1n) is 27.4. The molecule has 5 amide bonds. The summed E-state index contributed by atoms with van der Waals surface area (Å²) in [5, 5.41) is 20.9. The SMILES string of the molecule is C#Cc1c(F)ccc2cc(O)cc(-c3ncc4c(N5CC6CCC(C5)N6)nc(OCC56CCC(COC)N5CC(=C)C6)nc4c3F)c12.O=CN1CCC(CCCCNc2cccc3c2C(=O)N(C2CCC(=O)NC2=O)C3=O)CC1. The molecule has 0 radical (unpaired) electrons. The Balaban J connectivity index is 0.000000180. The number of nitrogens with zero attached hydrogens (tertiary/aromatic N) is 7. The van der Waals surface area contributed by atoms with Crippen molar-refractivity contribution in [3.05, 3.63) is 89.1 Å². The lowest BCUT2D eigenvalue weighted by atomic mass is 9.92. The topological polar surface area (TPSA) is 212 Å². The van der Waals surface area contributed by atoms with Gasteiger partial charge in [0.25, 0.3) is 11.8 Å². The summed E-state index contributed by atoms with van der Waals surface area (Å²) in [6, 6.07) is 10.6. The van der Waals surface area contributed by atoms with Crippen LogP contribution in [0.4, 0.5) is 20.3 Å². The number of piperazine rings is 1. The number of ether oxygens (including phenoxy) is 2. The second-order valence-electron chi connectivity index (χ2n) is 22.1. The van der Waals surface area contributed by atoms with Crippen LogP contribution in [0, 0.1) is 29.9 Å². The largest absolute Gasteiger partial charge is 0.508 e. The Kier molecular flexibility index (Phi) is 15.1. The molecule has 18 nitrogen and oxygen atoms in total. The molecule has 0 saturated carbocycles. The van der Waals surface area contributed by atoms with E-state index in [2.05, 4.69) is 48.2 Å². The van der Waals surface area contributed by atoms with Crippen molar-refractivity contribution in [2.75, 3.05) is 69.8 Å². The fraction of sp³-hybridized carbons (Fsp3) is 0.458. The van der Waals surface area contributed by atoms with Crippen LogP contribution < -0.4 is 25.6 Å². The Morgan fingerprint density at radius 3 is 2.53 bits per heavy atom. The van der Waals surface area contributed by atoms with Crippen LogP contribution in [0.15, 0.2) is 60.8 Å². The molecule has 12 rings (SSSR count). The van der Waals surface area contributed by atoms with Crippen LogP contribution in [0.2, 0.25) is 0 Å². The number of rotatable bonds is 15. The number of benzene rings is 3. The van der Waals surface area contributed by atoms with Gasteiger partial charge in [-0.3, -0.25) is 44.1 Å². The van der Waals surface area contributed by atoms with E-state index >= 15 is 4.39 Å². The van der Waals surface area contributed by atoms with Crippen molar-refractivity contribution < 1.29 is 47.3 Å². The van der Waals surface area contributed by atoms with E-state index < -0.39 is 35.4 Å². The highest BCUT2D eigenvalue weighted by Gasteiger charge is 2.51. The molecule has 7 aliphatic heterocycles. The van der Waals surface area contributed by atoms with Crippen molar-refractivity contribution in [3.63, 3.8) is 0 Å². The van der Waals surface area contributed by atoms with E-state index in [-0.39, 0.29) is 75.4 Å². The van der Waals surface area contributed by atoms with Gasteiger partial charge in [-0.15, -0.1) is 6.42 Å². The Morgan fingerprint density at radius 1 is 0.987 bits per heavy atom. The molecule has 5 unspecified atom stereocenters. The lowest BCUT2D eigenvalue weighted by Gasteiger charge is -2.35. The van der Waals surface area contributed by atoms with Crippen LogP contribution >= 0.6 is 0 Å². The minimum atomic E-state index is -0.960. The molecule has 0 aliphatic carbocycles. The summed E-state index contributed by atoms with van der Waals surface area (Å²) in [6.07, 6.45) is 18.4. The maximum atomic E-state index is 16.9. The zero-order valence-corrected chi connectivity index (χ0v) is 44.2. The summed E-state index contributed by atoms with van der Waals surface area (Å²) in [7, 11) is 1.72. The van der Waals surface area contributed by atoms with Crippen LogP contribution in [0.25, 0.3) is 32.9 Å². The molecule has 7 aliphatic rings. The number of likely N-dealkylation sites (tertiary alicyclic amines) is 1. The molecule has 5 aromatic rings. The number of pyridine rings is 1. The van der Waals surface area contributed by atoms with Crippen molar-refractivity contribution in [3.8, 4) is 35.4 Å². The van der Waals surface area contributed by atoms with E-state index in [1.807, 2.05) is 4.90 Å². The highest BCUT2D eigenvalue weighted by Crippen LogP contribution is 2.45. The van der Waals surface area contributed by atoms with Gasteiger partial charge in [-0.1, -0.05) is 43.0 Å². The van der Waals surface area contributed by atoms with Crippen molar-refractivity contribution in [1.82, 2.24) is 40.3 Å². The summed E-state index contributed by atoms with van der Waals surface area (Å²) in [5.41, 5.74) is 2.12. The molecule has 79 heavy (non-hydrogen) atoms. The third kappa shape index (κ3) is 10.3. The van der Waals surface area contributed by atoms with Crippen molar-refractivity contribution >= 4 is 63.2 Å². The fourth-order valence-corrected chi connectivity index (χ4v) is 13.2. The average Bonchev–Trinajstić information content (AvgIpc) is 4.16. The molecule has 20 heteroatoms. The number of piperidine rings is 2. The second-order valence-corrected chi connectivity index (χ2v) is 22.1. The Hall–Kier alpha value is -7.60. The number of carbonyl (C=O) groups is 5. The molecule has 412 valence electrons. The Bertz CT molecular complexity index is 3310. The molecule has 2 aromatic heterocycles. The number of aromatic hydroxyl groups is 1. The minimum absolute atomic E-state index is 0.0323. The molecule has 5 atom stereocenters. The van der Waals surface area contributed by atoms with E-state index in [1.165, 1.54) is 24.3 Å². The van der Waals surface area contributed by atoms with Gasteiger partial charge in [0, 0.05) is 93.8 Å². The number of aromatic nitrogens is 3. The fourth-order valence-electron chi connectivity index (χ4n) is 13.2. The number of amides is 5. The summed E-state index contributed by atoms with van der Waals surface area (Å²) in [6.45, 7) is 9.78. The smallest absolute Gasteiger partial charge is 0.319 e. The maximum Gasteiger partial charge on any atom is 0.319 e. The van der Waals surface area contributed by atoms with Gasteiger partial charge in [0.2, 0.25) is 18.2 Å². The Morgan fingerprint density at radius 2 is 1.78 bits per heavy atom. The van der Waals surface area contributed by atoms with Gasteiger partial charge in [0.15, 0.2) is 5.82 Å². The maximum absolute atomic E-state index is 16.9. The number of hydrogen-bond donors (Lipinski definition) is 4. The predicted molar refractivity (Wildman–Crippen MR) is 291 cm³/mol. The van der Waals surface area contributed by atoms with Gasteiger partial charge < -0.3 is 35.0 Å². The summed E-state index contributed by atoms with van der Waals surface area (Å²) >= 11 is 0. The van der Waals surface area contributed by atoms with Crippen molar-refractivity contribution in [2.24, 2.45) is 5.92 Å². The van der Waals surface area contributed by atoms with Gasteiger partial charge in [-0.25, -0.2) is 8.78 Å². The molecule has 6 fully saturated rings. The van der Waals surface area contributed by atoms with Gasteiger partial charge >= 0.3 is 6.01 Å². The first-order chi connectivity index (χ1) is 38.3. The van der Waals surface area contributed by atoms with E-state index in [4.69, 9.17) is 20.9 Å². The number of terminal acetylenes is 1. The minimum Gasteiger partial charge on any atom is -0.508 e. The number of imide groups is 2. The number of phenolic OH excluding ortho intramolecular Hbond substituents is 1. The third-order valence-corrected chi connectivity index (χ3v) is 17.0. The normalized spacial score (nSPS) is 23.9. The average molecular weight is 1080 g/mol. The number of hydrogen-bond acceptors (Lipinski definition) is 15. The predicted octanol–water partition coefficient (Wildman–Crippen LogP) is 6.48. The molecule has 2 bridgehead atoms. The number of anilines is 2. The van der Waals surface area contributed by atoms with E-state index in [9.17, 15) is 33.5 Å². The standard InChI is InChI=1S/C36H36F2N6O3.C23H28N4O5/c1-4-26-29(37)8-5-21-11-25(45)12-27(30(21)26)32-31(38)33-28(14-39-32)34(43-16-22-6-7-23(17-43)40-22)42-35(41-33)47-19-36-10-9-24(18-46-3)44(36)15-20(2)13-36;28-14-26-12-9-15(10-13-26)4-1-2-11-24-17-6-3-5-16-20(17)23(32)27(22(16)31)18-7-8-19(29)25-21(18)30/h1,5,8,11-12,14,22-24,40,45H,2,6-7,9-10,13,15-19H2,3H3;3,5-6,14-15,18,24H,1-2,4,7-13H2,(H,25,29,30).